The number of hydrogen-bond acceptors (Lipinski definition) is 3. The third-order valence-electron chi connectivity index (χ3n) is 2.45. The highest BCUT2D eigenvalue weighted by molar-refractivity contribution is 5.85. The van der Waals surface area contributed by atoms with Crippen molar-refractivity contribution < 1.29 is 9.53 Å². The highest BCUT2D eigenvalue weighted by atomic mass is 16.6. The number of carbonyl (C=O) groups is 1. The average Bonchev–Trinajstić information content (AvgIpc) is 2.26. The number of hydrogen-bond donors (Lipinski definition) is 2. The Bertz CT molecular complexity index is 422. The van der Waals surface area contributed by atoms with E-state index in [1.54, 1.807) is 0 Å². The highest BCUT2D eigenvalue weighted by Crippen LogP contribution is 2.17. The van der Waals surface area contributed by atoms with Crippen LogP contribution in [0.1, 0.15) is 38.8 Å². The van der Waals surface area contributed by atoms with Crippen LogP contribution in [0, 0.1) is 0 Å². The van der Waals surface area contributed by atoms with Gasteiger partial charge in [-0.1, -0.05) is 13.0 Å². The summed E-state index contributed by atoms with van der Waals surface area (Å²) in [6.45, 7) is 8.04. The molecule has 0 saturated carbocycles. The van der Waals surface area contributed by atoms with Crippen molar-refractivity contribution in [3.63, 3.8) is 0 Å². The van der Waals surface area contributed by atoms with Crippen LogP contribution >= 0.6 is 0 Å². The largest absolute Gasteiger partial charge is 0.444 e. The standard InChI is InChI=1S/C14H22N2O2/c1-5-10-6-7-12(8-11(10)9-15)16-13(17)18-14(2,3)4/h6-8H,5,9,15H2,1-4H3,(H,16,17). The van der Waals surface area contributed by atoms with Gasteiger partial charge in [-0.05, 0) is 50.5 Å². The second-order valence-electron chi connectivity index (χ2n) is 5.17. The Morgan fingerprint density at radius 1 is 1.33 bits per heavy atom. The summed E-state index contributed by atoms with van der Waals surface area (Å²) in [5, 5.41) is 2.71. The lowest BCUT2D eigenvalue weighted by atomic mass is 10.0. The average molecular weight is 250 g/mol. The first kappa shape index (κ1) is 14.5. The maximum absolute atomic E-state index is 11.6. The van der Waals surface area contributed by atoms with E-state index in [2.05, 4.69) is 12.2 Å². The summed E-state index contributed by atoms with van der Waals surface area (Å²) in [7, 11) is 0. The van der Waals surface area contributed by atoms with Gasteiger partial charge in [0.15, 0.2) is 0 Å². The molecule has 0 aliphatic heterocycles. The van der Waals surface area contributed by atoms with Crippen molar-refractivity contribution in [1.29, 1.82) is 0 Å². The molecule has 0 bridgehead atoms. The molecule has 0 atom stereocenters. The fourth-order valence-electron chi connectivity index (χ4n) is 1.66. The highest BCUT2D eigenvalue weighted by Gasteiger charge is 2.16. The molecule has 0 aliphatic carbocycles. The summed E-state index contributed by atoms with van der Waals surface area (Å²) in [6, 6.07) is 5.74. The molecule has 1 rings (SSSR count). The zero-order valence-electron chi connectivity index (χ0n) is 11.5. The minimum Gasteiger partial charge on any atom is -0.444 e. The molecule has 0 heterocycles. The number of aryl methyl sites for hydroxylation is 1. The lowest BCUT2D eigenvalue weighted by Gasteiger charge is -2.20. The lowest BCUT2D eigenvalue weighted by Crippen LogP contribution is -2.27. The number of carbonyl (C=O) groups excluding carboxylic acids is 1. The molecule has 1 amide bonds. The minimum absolute atomic E-state index is 0.449. The molecule has 0 saturated heterocycles. The zero-order valence-corrected chi connectivity index (χ0v) is 11.5. The van der Waals surface area contributed by atoms with Crippen LogP contribution in [0.2, 0.25) is 0 Å². The van der Waals surface area contributed by atoms with E-state index in [1.807, 2.05) is 39.0 Å². The van der Waals surface area contributed by atoms with Crippen molar-refractivity contribution in [2.24, 2.45) is 5.73 Å². The Kier molecular flexibility index (Phi) is 4.73. The topological polar surface area (TPSA) is 64.3 Å². The Morgan fingerprint density at radius 3 is 2.50 bits per heavy atom. The second-order valence-corrected chi connectivity index (χ2v) is 5.17. The summed E-state index contributed by atoms with van der Waals surface area (Å²) in [4.78, 5) is 11.6. The molecule has 0 aromatic heterocycles. The number of benzene rings is 1. The summed E-state index contributed by atoms with van der Waals surface area (Å²) in [6.07, 6.45) is 0.480. The van der Waals surface area contributed by atoms with E-state index >= 15 is 0 Å². The summed E-state index contributed by atoms with van der Waals surface area (Å²) >= 11 is 0. The smallest absolute Gasteiger partial charge is 0.412 e. The van der Waals surface area contributed by atoms with Crippen LogP contribution in [-0.2, 0) is 17.7 Å². The Hall–Kier alpha value is -1.55. The number of ether oxygens (including phenoxy) is 1. The van der Waals surface area contributed by atoms with Crippen molar-refractivity contribution in [3.05, 3.63) is 29.3 Å². The molecule has 0 spiro atoms. The molecule has 0 aliphatic rings. The van der Waals surface area contributed by atoms with Gasteiger partial charge in [0.05, 0.1) is 0 Å². The number of amides is 1. The molecule has 100 valence electrons. The Morgan fingerprint density at radius 2 is 2.00 bits per heavy atom. The van der Waals surface area contributed by atoms with Gasteiger partial charge in [0.2, 0.25) is 0 Å². The Labute approximate surface area is 109 Å². The zero-order chi connectivity index (χ0) is 13.8. The van der Waals surface area contributed by atoms with Crippen LogP contribution < -0.4 is 11.1 Å². The SMILES string of the molecule is CCc1ccc(NC(=O)OC(C)(C)C)cc1CN. The molecule has 0 unspecified atom stereocenters. The van der Waals surface area contributed by atoms with Crippen molar-refractivity contribution in [2.75, 3.05) is 5.32 Å². The molecule has 4 heteroatoms. The quantitative estimate of drug-likeness (QED) is 0.866. The van der Waals surface area contributed by atoms with Crippen molar-refractivity contribution in [3.8, 4) is 0 Å². The number of nitrogens with one attached hydrogen (secondary N) is 1. The van der Waals surface area contributed by atoms with E-state index in [-0.39, 0.29) is 0 Å². The van der Waals surface area contributed by atoms with Crippen molar-refractivity contribution in [1.82, 2.24) is 0 Å². The van der Waals surface area contributed by atoms with Gasteiger partial charge < -0.3 is 10.5 Å². The van der Waals surface area contributed by atoms with Crippen molar-refractivity contribution >= 4 is 11.8 Å². The molecule has 0 fully saturated rings. The van der Waals surface area contributed by atoms with Crippen LogP contribution in [0.4, 0.5) is 10.5 Å². The van der Waals surface area contributed by atoms with E-state index < -0.39 is 11.7 Å². The predicted molar refractivity (Wildman–Crippen MR) is 73.6 cm³/mol. The number of rotatable bonds is 3. The third-order valence-corrected chi connectivity index (χ3v) is 2.45. The van der Waals surface area contributed by atoms with E-state index in [9.17, 15) is 4.79 Å². The van der Waals surface area contributed by atoms with E-state index in [1.165, 1.54) is 5.56 Å². The first-order valence-electron chi connectivity index (χ1n) is 6.17. The van der Waals surface area contributed by atoms with Crippen LogP contribution in [-0.4, -0.2) is 11.7 Å². The maximum atomic E-state index is 11.6. The summed E-state index contributed by atoms with van der Waals surface area (Å²) in [5.41, 5.74) is 8.15. The van der Waals surface area contributed by atoms with Gasteiger partial charge in [-0.3, -0.25) is 5.32 Å². The first-order valence-corrected chi connectivity index (χ1v) is 6.17. The predicted octanol–water partition coefficient (Wildman–Crippen LogP) is 3.05. The van der Waals surface area contributed by atoms with Crippen LogP contribution in [0.15, 0.2) is 18.2 Å². The second kappa shape index (κ2) is 5.87. The molecule has 18 heavy (non-hydrogen) atoms. The van der Waals surface area contributed by atoms with Crippen LogP contribution in [0.3, 0.4) is 0 Å². The van der Waals surface area contributed by atoms with Crippen LogP contribution in [0.25, 0.3) is 0 Å². The van der Waals surface area contributed by atoms with Gasteiger partial charge in [-0.15, -0.1) is 0 Å². The first-order chi connectivity index (χ1) is 8.35. The third kappa shape index (κ3) is 4.37. The molecule has 3 N–H and O–H groups in total. The van der Waals surface area contributed by atoms with Gasteiger partial charge in [0.1, 0.15) is 5.60 Å². The van der Waals surface area contributed by atoms with E-state index in [4.69, 9.17) is 10.5 Å². The molecule has 4 nitrogen and oxygen atoms in total. The van der Waals surface area contributed by atoms with Crippen molar-refractivity contribution in [2.45, 2.75) is 46.3 Å². The van der Waals surface area contributed by atoms with Gasteiger partial charge in [0, 0.05) is 12.2 Å². The lowest BCUT2D eigenvalue weighted by molar-refractivity contribution is 0.0636. The number of nitrogens with two attached hydrogens (primary N) is 1. The molecule has 0 radical (unpaired) electrons. The molecular formula is C14H22N2O2. The van der Waals surface area contributed by atoms with E-state index in [0.717, 1.165) is 12.0 Å². The van der Waals surface area contributed by atoms with Gasteiger partial charge in [0.25, 0.3) is 0 Å². The van der Waals surface area contributed by atoms with Gasteiger partial charge in [-0.25, -0.2) is 4.79 Å². The number of anilines is 1. The Balaban J connectivity index is 2.76. The fraction of sp³-hybridized carbons (Fsp3) is 0.500. The molecule has 1 aromatic rings. The normalized spacial score (nSPS) is 11.2. The maximum Gasteiger partial charge on any atom is 0.412 e. The van der Waals surface area contributed by atoms with Gasteiger partial charge >= 0.3 is 6.09 Å². The summed E-state index contributed by atoms with van der Waals surface area (Å²) < 4.78 is 5.19. The molecular weight excluding hydrogens is 228 g/mol. The van der Waals surface area contributed by atoms with Gasteiger partial charge in [-0.2, -0.15) is 0 Å². The van der Waals surface area contributed by atoms with Crippen LogP contribution in [0.5, 0.6) is 0 Å². The summed E-state index contributed by atoms with van der Waals surface area (Å²) in [5.74, 6) is 0. The minimum atomic E-state index is -0.496. The monoisotopic (exact) mass is 250 g/mol. The fourth-order valence-corrected chi connectivity index (χ4v) is 1.66. The van der Waals surface area contributed by atoms with E-state index in [0.29, 0.717) is 12.2 Å². The molecule has 1 aromatic carbocycles.